The molecule has 0 bridgehead atoms. The van der Waals surface area contributed by atoms with Crippen molar-refractivity contribution in [1.82, 2.24) is 9.62 Å². The normalized spacial score (nSPS) is 18.5. The third-order valence-corrected chi connectivity index (χ3v) is 6.92. The Hall–Kier alpha value is -1.67. The van der Waals surface area contributed by atoms with Gasteiger partial charge in [0.25, 0.3) is 10.0 Å². The van der Waals surface area contributed by atoms with Crippen molar-refractivity contribution in [3.8, 4) is 0 Å². The van der Waals surface area contributed by atoms with E-state index >= 15 is 0 Å². The van der Waals surface area contributed by atoms with Crippen LogP contribution in [0.1, 0.15) is 76.8 Å². The van der Waals surface area contributed by atoms with Gasteiger partial charge in [-0.25, -0.2) is 22.3 Å². The molecule has 1 aromatic carbocycles. The van der Waals surface area contributed by atoms with Crippen molar-refractivity contribution >= 4 is 21.7 Å². The highest BCUT2D eigenvalue weighted by atomic mass is 32.2. The molecule has 8 heteroatoms. The molecule has 1 heterocycles. The summed E-state index contributed by atoms with van der Waals surface area (Å²) in [5.41, 5.74) is 1.77. The average molecular weight is 414 g/mol. The zero-order chi connectivity index (χ0) is 21.1. The van der Waals surface area contributed by atoms with Gasteiger partial charge in [0.2, 0.25) is 0 Å². The standard InChI is InChI=1S/C20H32FN3O3S/c1-6-24-10-8-7-9-18(24)28(26,27)23-20(25)22-19-16(13(2)3)11-15(21)12-17(19)14(4)5/h11-14,18H,6-10H2,1-5H3,(H2,22,23,25). The number of anilines is 1. The number of sulfonamides is 1. The van der Waals surface area contributed by atoms with Crippen molar-refractivity contribution in [2.24, 2.45) is 0 Å². The predicted octanol–water partition coefficient (Wildman–Crippen LogP) is 4.36. The average Bonchev–Trinajstić information content (AvgIpc) is 2.61. The van der Waals surface area contributed by atoms with Gasteiger partial charge in [0.1, 0.15) is 11.2 Å². The van der Waals surface area contributed by atoms with Crippen LogP contribution in [0.3, 0.4) is 0 Å². The van der Waals surface area contributed by atoms with Crippen LogP contribution in [-0.2, 0) is 10.0 Å². The molecule has 158 valence electrons. The number of halogens is 1. The summed E-state index contributed by atoms with van der Waals surface area (Å²) >= 11 is 0. The van der Waals surface area contributed by atoms with Crippen LogP contribution in [0.4, 0.5) is 14.9 Å². The Bertz CT molecular complexity index is 780. The van der Waals surface area contributed by atoms with E-state index in [1.807, 2.05) is 39.5 Å². The lowest BCUT2D eigenvalue weighted by molar-refractivity contribution is 0.206. The molecule has 2 rings (SSSR count). The maximum absolute atomic E-state index is 14.0. The highest BCUT2D eigenvalue weighted by Gasteiger charge is 2.34. The number of likely N-dealkylation sites (tertiary alicyclic amines) is 1. The molecule has 1 aliphatic heterocycles. The third kappa shape index (κ3) is 5.23. The number of carbonyl (C=O) groups is 1. The number of rotatable bonds is 6. The molecule has 28 heavy (non-hydrogen) atoms. The first-order valence-electron chi connectivity index (χ1n) is 9.96. The summed E-state index contributed by atoms with van der Waals surface area (Å²) in [6, 6.07) is 1.97. The minimum Gasteiger partial charge on any atom is -0.307 e. The van der Waals surface area contributed by atoms with Gasteiger partial charge in [-0.1, -0.05) is 34.6 Å². The van der Waals surface area contributed by atoms with Gasteiger partial charge in [-0.3, -0.25) is 4.90 Å². The van der Waals surface area contributed by atoms with E-state index in [2.05, 4.69) is 10.0 Å². The molecule has 2 amide bonds. The lowest BCUT2D eigenvalue weighted by Crippen LogP contribution is -2.51. The highest BCUT2D eigenvalue weighted by Crippen LogP contribution is 2.33. The maximum atomic E-state index is 14.0. The van der Waals surface area contributed by atoms with Crippen LogP contribution in [0, 0.1) is 5.82 Å². The fraction of sp³-hybridized carbons (Fsp3) is 0.650. The van der Waals surface area contributed by atoms with E-state index in [0.29, 0.717) is 36.3 Å². The van der Waals surface area contributed by atoms with Crippen molar-refractivity contribution in [2.75, 3.05) is 18.4 Å². The Balaban J connectivity index is 2.27. The number of hydrogen-bond acceptors (Lipinski definition) is 4. The van der Waals surface area contributed by atoms with Crippen molar-refractivity contribution in [2.45, 2.75) is 71.1 Å². The Labute approximate surface area is 167 Å². The monoisotopic (exact) mass is 413 g/mol. The predicted molar refractivity (Wildman–Crippen MR) is 111 cm³/mol. The van der Waals surface area contributed by atoms with Crippen molar-refractivity contribution < 1.29 is 17.6 Å². The Morgan fingerprint density at radius 3 is 2.25 bits per heavy atom. The molecule has 1 aliphatic rings. The molecule has 0 spiro atoms. The number of nitrogens with zero attached hydrogens (tertiary/aromatic N) is 1. The van der Waals surface area contributed by atoms with Crippen molar-refractivity contribution in [3.05, 3.63) is 29.1 Å². The summed E-state index contributed by atoms with van der Waals surface area (Å²) in [4.78, 5) is 14.5. The van der Waals surface area contributed by atoms with E-state index in [1.165, 1.54) is 12.1 Å². The van der Waals surface area contributed by atoms with Gasteiger partial charge >= 0.3 is 6.03 Å². The summed E-state index contributed by atoms with van der Waals surface area (Å²) in [5.74, 6) is -0.435. The van der Waals surface area contributed by atoms with Crippen molar-refractivity contribution in [3.63, 3.8) is 0 Å². The smallest absolute Gasteiger partial charge is 0.307 e. The topological polar surface area (TPSA) is 78.5 Å². The van der Waals surface area contributed by atoms with Crippen LogP contribution in [0.25, 0.3) is 0 Å². The first-order chi connectivity index (χ1) is 13.1. The van der Waals surface area contributed by atoms with Gasteiger partial charge in [0, 0.05) is 5.69 Å². The Morgan fingerprint density at radius 1 is 1.18 bits per heavy atom. The van der Waals surface area contributed by atoms with Gasteiger partial charge in [0.15, 0.2) is 0 Å². The molecule has 6 nitrogen and oxygen atoms in total. The molecule has 1 aromatic rings. The van der Waals surface area contributed by atoms with Gasteiger partial charge in [0.05, 0.1) is 0 Å². The molecule has 1 saturated heterocycles. The minimum absolute atomic E-state index is 0.0333. The second kappa shape index (κ2) is 9.22. The summed E-state index contributed by atoms with van der Waals surface area (Å²) in [7, 11) is -3.85. The summed E-state index contributed by atoms with van der Waals surface area (Å²) in [6.07, 6.45) is 2.27. The van der Waals surface area contributed by atoms with E-state index < -0.39 is 21.4 Å². The van der Waals surface area contributed by atoms with E-state index in [4.69, 9.17) is 0 Å². The van der Waals surface area contributed by atoms with E-state index in [0.717, 1.165) is 12.8 Å². The second-order valence-corrected chi connectivity index (χ2v) is 9.79. The second-order valence-electron chi connectivity index (χ2n) is 7.95. The molecule has 1 fully saturated rings. The first-order valence-corrected chi connectivity index (χ1v) is 11.5. The molecule has 0 aromatic heterocycles. The SMILES string of the molecule is CCN1CCCCC1S(=O)(=O)NC(=O)Nc1c(C(C)C)cc(F)cc1C(C)C. The van der Waals surface area contributed by atoms with Crippen LogP contribution in [0.15, 0.2) is 12.1 Å². The maximum Gasteiger partial charge on any atom is 0.332 e. The molecular formula is C20H32FN3O3S. The summed E-state index contributed by atoms with van der Waals surface area (Å²) < 4.78 is 41.8. The molecule has 1 unspecified atom stereocenters. The van der Waals surface area contributed by atoms with Crippen molar-refractivity contribution in [1.29, 1.82) is 0 Å². The van der Waals surface area contributed by atoms with E-state index in [-0.39, 0.29) is 17.7 Å². The van der Waals surface area contributed by atoms with Crippen LogP contribution in [0.5, 0.6) is 0 Å². The molecule has 0 radical (unpaired) electrons. The zero-order valence-electron chi connectivity index (χ0n) is 17.4. The zero-order valence-corrected chi connectivity index (χ0v) is 18.2. The molecule has 0 saturated carbocycles. The number of amides is 2. The van der Waals surface area contributed by atoms with Gasteiger partial charge in [-0.15, -0.1) is 0 Å². The molecular weight excluding hydrogens is 381 g/mol. The van der Waals surface area contributed by atoms with Gasteiger partial charge in [-0.05, 0) is 67.4 Å². The Kier molecular flexibility index (Phi) is 7.45. The lowest BCUT2D eigenvalue weighted by atomic mass is 9.92. The number of carbonyl (C=O) groups excluding carboxylic acids is 1. The summed E-state index contributed by atoms with van der Waals surface area (Å²) in [6.45, 7) is 10.8. The fourth-order valence-electron chi connectivity index (χ4n) is 3.71. The minimum atomic E-state index is -3.85. The quantitative estimate of drug-likeness (QED) is 0.726. The summed E-state index contributed by atoms with van der Waals surface area (Å²) in [5, 5.41) is 1.97. The first kappa shape index (κ1) is 22.6. The lowest BCUT2D eigenvalue weighted by Gasteiger charge is -2.34. The Morgan fingerprint density at radius 2 is 1.75 bits per heavy atom. The third-order valence-electron chi connectivity index (χ3n) is 5.20. The van der Waals surface area contributed by atoms with Crippen LogP contribution in [-0.4, -0.2) is 37.8 Å². The van der Waals surface area contributed by atoms with Crippen LogP contribution >= 0.6 is 0 Å². The number of hydrogen-bond donors (Lipinski definition) is 2. The molecule has 2 N–H and O–H groups in total. The number of piperidine rings is 1. The largest absolute Gasteiger partial charge is 0.332 e. The van der Waals surface area contributed by atoms with Gasteiger partial charge in [-0.2, -0.15) is 0 Å². The number of urea groups is 1. The number of nitrogens with one attached hydrogen (secondary N) is 2. The van der Waals surface area contributed by atoms with E-state index in [9.17, 15) is 17.6 Å². The van der Waals surface area contributed by atoms with E-state index in [1.54, 1.807) is 0 Å². The molecule has 0 aliphatic carbocycles. The highest BCUT2D eigenvalue weighted by molar-refractivity contribution is 7.90. The fourth-order valence-corrected chi connectivity index (χ4v) is 5.28. The molecule has 1 atom stereocenters. The van der Waals surface area contributed by atoms with Crippen LogP contribution < -0.4 is 10.0 Å². The number of benzene rings is 1. The van der Waals surface area contributed by atoms with Crippen LogP contribution in [0.2, 0.25) is 0 Å². The van der Waals surface area contributed by atoms with Gasteiger partial charge < -0.3 is 5.32 Å².